The van der Waals surface area contributed by atoms with Crippen molar-refractivity contribution < 1.29 is 9.53 Å². The fourth-order valence-corrected chi connectivity index (χ4v) is 3.80. The van der Waals surface area contributed by atoms with Gasteiger partial charge in [0.1, 0.15) is 5.82 Å². The van der Waals surface area contributed by atoms with E-state index in [1.165, 1.54) is 0 Å². The number of fused-ring (bicyclic) bond motifs is 1. The standard InChI is InChI=1S/C20H24N4O2/c1-26-12-11-23-10-8-22-19(23)17-3-2-9-24(14-17)20(25)16-5-4-15-6-7-21-18(15)13-16/h4-8,10,13,17,21H,2-3,9,11-12,14H2,1H3/t17-/m1/s1. The molecule has 1 saturated heterocycles. The lowest BCUT2D eigenvalue weighted by atomic mass is 9.96. The zero-order valence-electron chi connectivity index (χ0n) is 15.0. The molecule has 1 atom stereocenters. The van der Waals surface area contributed by atoms with Gasteiger partial charge < -0.3 is 19.2 Å². The van der Waals surface area contributed by atoms with Crippen LogP contribution in [-0.2, 0) is 11.3 Å². The van der Waals surface area contributed by atoms with Crippen LogP contribution in [-0.4, -0.2) is 52.1 Å². The van der Waals surface area contributed by atoms with Crippen LogP contribution in [0.4, 0.5) is 0 Å². The smallest absolute Gasteiger partial charge is 0.253 e. The van der Waals surface area contributed by atoms with Crippen LogP contribution in [0, 0.1) is 0 Å². The van der Waals surface area contributed by atoms with Gasteiger partial charge in [-0.1, -0.05) is 6.07 Å². The van der Waals surface area contributed by atoms with E-state index in [4.69, 9.17) is 4.74 Å². The maximum atomic E-state index is 13.0. The average molecular weight is 352 g/mol. The number of H-pyrrole nitrogens is 1. The number of carbonyl (C=O) groups excluding carboxylic acids is 1. The molecular formula is C20H24N4O2. The van der Waals surface area contributed by atoms with Gasteiger partial charge in [-0.05, 0) is 36.4 Å². The largest absolute Gasteiger partial charge is 0.383 e. The predicted octanol–water partition coefficient (Wildman–Crippen LogP) is 3.03. The minimum atomic E-state index is 0.0983. The van der Waals surface area contributed by atoms with Gasteiger partial charge in [-0.2, -0.15) is 0 Å². The Hall–Kier alpha value is -2.60. The molecule has 6 nitrogen and oxygen atoms in total. The van der Waals surface area contributed by atoms with Crippen molar-refractivity contribution in [2.75, 3.05) is 26.8 Å². The topological polar surface area (TPSA) is 63.1 Å². The molecule has 1 aromatic carbocycles. The molecule has 1 fully saturated rings. The predicted molar refractivity (Wildman–Crippen MR) is 100 cm³/mol. The number of benzene rings is 1. The fourth-order valence-electron chi connectivity index (χ4n) is 3.80. The van der Waals surface area contributed by atoms with E-state index < -0.39 is 0 Å². The lowest BCUT2D eigenvalue weighted by Crippen LogP contribution is -2.39. The zero-order chi connectivity index (χ0) is 17.9. The third-order valence-electron chi connectivity index (χ3n) is 5.16. The minimum Gasteiger partial charge on any atom is -0.383 e. The summed E-state index contributed by atoms with van der Waals surface area (Å²) in [4.78, 5) is 22.7. The minimum absolute atomic E-state index is 0.0983. The van der Waals surface area contributed by atoms with Crippen molar-refractivity contribution in [1.82, 2.24) is 19.4 Å². The Labute approximate surface area is 152 Å². The van der Waals surface area contributed by atoms with Gasteiger partial charge in [-0.15, -0.1) is 0 Å². The summed E-state index contributed by atoms with van der Waals surface area (Å²) < 4.78 is 7.33. The number of nitrogens with zero attached hydrogens (tertiary/aromatic N) is 3. The van der Waals surface area contributed by atoms with E-state index in [-0.39, 0.29) is 11.8 Å². The fraction of sp³-hybridized carbons (Fsp3) is 0.400. The van der Waals surface area contributed by atoms with Crippen molar-refractivity contribution >= 4 is 16.8 Å². The molecule has 1 aliphatic rings. The van der Waals surface area contributed by atoms with Crippen molar-refractivity contribution in [1.29, 1.82) is 0 Å². The second-order valence-electron chi connectivity index (χ2n) is 6.84. The summed E-state index contributed by atoms with van der Waals surface area (Å²) in [7, 11) is 1.71. The van der Waals surface area contributed by atoms with Crippen LogP contribution in [0.3, 0.4) is 0 Å². The molecule has 3 heterocycles. The second kappa shape index (κ2) is 7.33. The molecule has 6 heteroatoms. The van der Waals surface area contributed by atoms with Gasteiger partial charge in [0.15, 0.2) is 0 Å². The van der Waals surface area contributed by atoms with E-state index in [9.17, 15) is 4.79 Å². The van der Waals surface area contributed by atoms with Gasteiger partial charge in [-0.3, -0.25) is 4.79 Å². The highest BCUT2D eigenvalue weighted by atomic mass is 16.5. The van der Waals surface area contributed by atoms with E-state index in [1.807, 2.05) is 47.8 Å². The molecule has 26 heavy (non-hydrogen) atoms. The Morgan fingerprint density at radius 3 is 3.19 bits per heavy atom. The summed E-state index contributed by atoms with van der Waals surface area (Å²) in [5.41, 5.74) is 1.74. The number of piperidine rings is 1. The van der Waals surface area contributed by atoms with Crippen molar-refractivity contribution in [3.8, 4) is 0 Å². The third-order valence-corrected chi connectivity index (χ3v) is 5.16. The summed E-state index contributed by atoms with van der Waals surface area (Å²) in [6.45, 7) is 2.97. The first-order chi connectivity index (χ1) is 12.8. The van der Waals surface area contributed by atoms with Crippen LogP contribution in [0.25, 0.3) is 10.9 Å². The molecule has 2 aromatic heterocycles. The number of aromatic nitrogens is 3. The Balaban J connectivity index is 1.51. The van der Waals surface area contributed by atoms with E-state index in [2.05, 4.69) is 14.5 Å². The molecule has 0 saturated carbocycles. The second-order valence-corrected chi connectivity index (χ2v) is 6.84. The van der Waals surface area contributed by atoms with Crippen LogP contribution in [0.15, 0.2) is 42.9 Å². The molecule has 4 rings (SSSR count). The molecule has 1 aliphatic heterocycles. The number of carbonyl (C=O) groups is 1. The van der Waals surface area contributed by atoms with Gasteiger partial charge in [0.05, 0.1) is 6.61 Å². The number of aromatic amines is 1. The first kappa shape index (κ1) is 16.8. The van der Waals surface area contributed by atoms with Gasteiger partial charge in [0, 0.05) is 62.3 Å². The SMILES string of the molecule is COCCn1ccnc1[C@@H]1CCCN(C(=O)c2ccc3cc[nH]c3c2)C1. The van der Waals surface area contributed by atoms with Crippen LogP contribution in [0.5, 0.6) is 0 Å². The first-order valence-corrected chi connectivity index (χ1v) is 9.12. The van der Waals surface area contributed by atoms with Crippen LogP contribution >= 0.6 is 0 Å². The van der Waals surface area contributed by atoms with E-state index >= 15 is 0 Å². The normalized spacial score (nSPS) is 17.7. The number of nitrogens with one attached hydrogen (secondary N) is 1. The van der Waals surface area contributed by atoms with Gasteiger partial charge in [0.2, 0.25) is 0 Å². The summed E-state index contributed by atoms with van der Waals surface area (Å²) in [5, 5.41) is 1.12. The van der Waals surface area contributed by atoms with Crippen molar-refractivity contribution in [2.45, 2.75) is 25.3 Å². The van der Waals surface area contributed by atoms with Crippen LogP contribution < -0.4 is 0 Å². The number of imidazole rings is 1. The number of amides is 1. The molecule has 0 bridgehead atoms. The number of hydrogen-bond acceptors (Lipinski definition) is 3. The summed E-state index contributed by atoms with van der Waals surface area (Å²) in [6.07, 6.45) is 7.79. The molecule has 1 N–H and O–H groups in total. The van der Waals surface area contributed by atoms with E-state index in [1.54, 1.807) is 7.11 Å². The van der Waals surface area contributed by atoms with E-state index in [0.717, 1.165) is 48.2 Å². The van der Waals surface area contributed by atoms with Gasteiger partial charge in [-0.25, -0.2) is 4.98 Å². The van der Waals surface area contributed by atoms with Crippen molar-refractivity contribution in [3.63, 3.8) is 0 Å². The number of methoxy groups -OCH3 is 1. The molecule has 0 spiro atoms. The lowest BCUT2D eigenvalue weighted by Gasteiger charge is -2.32. The maximum absolute atomic E-state index is 13.0. The highest BCUT2D eigenvalue weighted by Crippen LogP contribution is 2.27. The van der Waals surface area contributed by atoms with Crippen molar-refractivity contribution in [2.24, 2.45) is 0 Å². The molecule has 3 aromatic rings. The first-order valence-electron chi connectivity index (χ1n) is 9.12. The number of rotatable bonds is 5. The number of likely N-dealkylation sites (tertiary alicyclic amines) is 1. The number of hydrogen-bond donors (Lipinski definition) is 1. The highest BCUT2D eigenvalue weighted by Gasteiger charge is 2.28. The molecule has 0 unspecified atom stereocenters. The molecular weight excluding hydrogens is 328 g/mol. The monoisotopic (exact) mass is 352 g/mol. The van der Waals surface area contributed by atoms with Crippen molar-refractivity contribution in [3.05, 3.63) is 54.2 Å². The Morgan fingerprint density at radius 2 is 2.31 bits per heavy atom. The Bertz CT molecular complexity index is 898. The highest BCUT2D eigenvalue weighted by molar-refractivity contribution is 5.98. The Kier molecular flexibility index (Phi) is 4.75. The third kappa shape index (κ3) is 3.24. The average Bonchev–Trinajstić information content (AvgIpc) is 3.34. The summed E-state index contributed by atoms with van der Waals surface area (Å²) >= 11 is 0. The quantitative estimate of drug-likeness (QED) is 0.768. The lowest BCUT2D eigenvalue weighted by molar-refractivity contribution is 0.0702. The van der Waals surface area contributed by atoms with Crippen LogP contribution in [0.1, 0.15) is 34.9 Å². The maximum Gasteiger partial charge on any atom is 0.253 e. The van der Waals surface area contributed by atoms with Crippen LogP contribution in [0.2, 0.25) is 0 Å². The molecule has 0 radical (unpaired) electrons. The van der Waals surface area contributed by atoms with Gasteiger partial charge >= 0.3 is 0 Å². The number of ether oxygens (including phenoxy) is 1. The van der Waals surface area contributed by atoms with Gasteiger partial charge in [0.25, 0.3) is 5.91 Å². The zero-order valence-corrected chi connectivity index (χ0v) is 15.0. The summed E-state index contributed by atoms with van der Waals surface area (Å²) in [5.74, 6) is 1.43. The molecule has 136 valence electrons. The molecule has 0 aliphatic carbocycles. The molecule has 1 amide bonds. The summed E-state index contributed by atoms with van der Waals surface area (Å²) in [6, 6.07) is 7.88. The van der Waals surface area contributed by atoms with E-state index in [0.29, 0.717) is 13.2 Å². The Morgan fingerprint density at radius 1 is 1.38 bits per heavy atom.